The van der Waals surface area contributed by atoms with Crippen molar-refractivity contribution >= 4 is 5.91 Å². The van der Waals surface area contributed by atoms with E-state index in [-0.39, 0.29) is 17.4 Å². The lowest BCUT2D eigenvalue weighted by Gasteiger charge is -2.32. The van der Waals surface area contributed by atoms with Crippen molar-refractivity contribution in [2.45, 2.75) is 18.8 Å². The van der Waals surface area contributed by atoms with E-state index < -0.39 is 5.82 Å². The Kier molecular flexibility index (Phi) is 5.51. The zero-order valence-electron chi connectivity index (χ0n) is 16.2. The van der Waals surface area contributed by atoms with Gasteiger partial charge in [0.15, 0.2) is 5.82 Å². The topological polar surface area (TPSA) is 55.3 Å². The zero-order valence-corrected chi connectivity index (χ0v) is 16.2. The first-order valence-corrected chi connectivity index (χ1v) is 9.67. The molecule has 0 spiro atoms. The number of halogens is 1. The van der Waals surface area contributed by atoms with Crippen LogP contribution >= 0.6 is 0 Å². The van der Waals surface area contributed by atoms with Crippen LogP contribution in [0.1, 0.15) is 34.8 Å². The highest BCUT2D eigenvalue weighted by molar-refractivity contribution is 5.94. The van der Waals surface area contributed by atoms with Gasteiger partial charge in [-0.25, -0.2) is 14.4 Å². The highest BCUT2D eigenvalue weighted by atomic mass is 19.1. The molecule has 1 fully saturated rings. The van der Waals surface area contributed by atoms with Crippen molar-refractivity contribution in [3.8, 4) is 17.1 Å². The minimum Gasteiger partial charge on any atom is -0.497 e. The second-order valence-corrected chi connectivity index (χ2v) is 7.10. The molecule has 6 heteroatoms. The van der Waals surface area contributed by atoms with Crippen LogP contribution in [-0.2, 0) is 0 Å². The third-order valence-corrected chi connectivity index (χ3v) is 5.26. The van der Waals surface area contributed by atoms with Gasteiger partial charge >= 0.3 is 0 Å². The third-order valence-electron chi connectivity index (χ3n) is 5.26. The summed E-state index contributed by atoms with van der Waals surface area (Å²) in [4.78, 5) is 23.6. The maximum Gasteiger partial charge on any atom is 0.256 e. The van der Waals surface area contributed by atoms with Gasteiger partial charge in [0.05, 0.1) is 12.7 Å². The van der Waals surface area contributed by atoms with E-state index in [1.165, 1.54) is 12.1 Å². The number of likely N-dealkylation sites (tertiary alicyclic amines) is 1. The molecule has 1 aromatic heterocycles. The molecule has 0 saturated carbocycles. The van der Waals surface area contributed by atoms with E-state index in [2.05, 4.69) is 4.98 Å². The lowest BCUT2D eigenvalue weighted by Crippen LogP contribution is -2.39. The van der Waals surface area contributed by atoms with Crippen LogP contribution in [0.4, 0.5) is 4.39 Å². The molecule has 0 aliphatic carbocycles. The molecule has 1 aliphatic rings. The Morgan fingerprint density at radius 2 is 1.93 bits per heavy atom. The van der Waals surface area contributed by atoms with Crippen molar-refractivity contribution in [3.05, 3.63) is 77.9 Å². The van der Waals surface area contributed by atoms with Gasteiger partial charge in [0.1, 0.15) is 11.6 Å². The van der Waals surface area contributed by atoms with Gasteiger partial charge in [-0.05, 0) is 55.3 Å². The Hall–Kier alpha value is -3.28. The van der Waals surface area contributed by atoms with E-state index >= 15 is 0 Å². The van der Waals surface area contributed by atoms with E-state index in [1.807, 2.05) is 30.3 Å². The molecule has 0 unspecified atom stereocenters. The molecule has 29 heavy (non-hydrogen) atoms. The lowest BCUT2D eigenvalue weighted by atomic mass is 9.94. The van der Waals surface area contributed by atoms with Crippen LogP contribution in [0.2, 0.25) is 0 Å². The highest BCUT2D eigenvalue weighted by Crippen LogP contribution is 2.28. The number of benzene rings is 2. The molecule has 1 amide bonds. The number of methoxy groups -OCH3 is 1. The van der Waals surface area contributed by atoms with Crippen molar-refractivity contribution in [1.82, 2.24) is 14.9 Å². The Balaban J connectivity index is 1.54. The standard InChI is InChI=1S/C23H22FN3O2/c1-29-18-10-8-16(9-11-18)22-25-13-12-21(26-22)17-5-4-14-27(15-17)23(28)19-6-2-3-7-20(19)24/h2-3,6-13,17H,4-5,14-15H2,1H3/t17-/m0/s1. The van der Waals surface area contributed by atoms with Crippen LogP contribution in [0.5, 0.6) is 5.75 Å². The quantitative estimate of drug-likeness (QED) is 0.665. The molecule has 1 saturated heterocycles. The fourth-order valence-electron chi connectivity index (χ4n) is 3.69. The van der Waals surface area contributed by atoms with Gasteiger partial charge < -0.3 is 9.64 Å². The van der Waals surface area contributed by atoms with E-state index in [9.17, 15) is 9.18 Å². The Morgan fingerprint density at radius 1 is 1.14 bits per heavy atom. The van der Waals surface area contributed by atoms with Crippen molar-refractivity contribution in [2.75, 3.05) is 20.2 Å². The smallest absolute Gasteiger partial charge is 0.256 e. The first-order valence-electron chi connectivity index (χ1n) is 9.67. The molecule has 1 atom stereocenters. The maximum absolute atomic E-state index is 14.0. The SMILES string of the molecule is COc1ccc(-c2nccc([C@H]3CCCN(C(=O)c4ccccc4F)C3)n2)cc1. The Bertz CT molecular complexity index is 1010. The van der Waals surface area contributed by atoms with E-state index in [0.29, 0.717) is 18.9 Å². The molecule has 3 aromatic rings. The van der Waals surface area contributed by atoms with Crippen LogP contribution in [-0.4, -0.2) is 41.0 Å². The summed E-state index contributed by atoms with van der Waals surface area (Å²) in [7, 11) is 1.63. The highest BCUT2D eigenvalue weighted by Gasteiger charge is 2.27. The number of aromatic nitrogens is 2. The number of amides is 1. The van der Waals surface area contributed by atoms with Crippen molar-refractivity contribution in [3.63, 3.8) is 0 Å². The molecule has 2 heterocycles. The van der Waals surface area contributed by atoms with Crippen LogP contribution in [0.15, 0.2) is 60.8 Å². The fourth-order valence-corrected chi connectivity index (χ4v) is 3.69. The second kappa shape index (κ2) is 8.39. The molecule has 5 nitrogen and oxygen atoms in total. The number of carbonyl (C=O) groups is 1. The predicted molar refractivity (Wildman–Crippen MR) is 108 cm³/mol. The number of nitrogens with zero attached hydrogens (tertiary/aromatic N) is 3. The number of ether oxygens (including phenoxy) is 1. The van der Waals surface area contributed by atoms with Gasteiger partial charge in [-0.1, -0.05) is 12.1 Å². The van der Waals surface area contributed by atoms with Gasteiger partial charge in [0, 0.05) is 36.5 Å². The first-order chi connectivity index (χ1) is 14.2. The van der Waals surface area contributed by atoms with Crippen molar-refractivity contribution < 1.29 is 13.9 Å². The molecular formula is C23H22FN3O2. The third kappa shape index (κ3) is 4.11. The Morgan fingerprint density at radius 3 is 2.69 bits per heavy atom. The van der Waals surface area contributed by atoms with Crippen molar-refractivity contribution in [2.24, 2.45) is 0 Å². The molecule has 4 rings (SSSR count). The summed E-state index contributed by atoms with van der Waals surface area (Å²) >= 11 is 0. The van der Waals surface area contributed by atoms with E-state index in [1.54, 1.807) is 30.3 Å². The zero-order chi connectivity index (χ0) is 20.2. The van der Waals surface area contributed by atoms with Gasteiger partial charge in [0.2, 0.25) is 0 Å². The fraction of sp³-hybridized carbons (Fsp3) is 0.261. The average Bonchev–Trinajstić information content (AvgIpc) is 2.79. The van der Waals surface area contributed by atoms with Crippen molar-refractivity contribution in [1.29, 1.82) is 0 Å². The van der Waals surface area contributed by atoms with Crippen LogP contribution in [0.3, 0.4) is 0 Å². The summed E-state index contributed by atoms with van der Waals surface area (Å²) in [5.41, 5.74) is 1.93. The number of hydrogen-bond donors (Lipinski definition) is 0. The minimum atomic E-state index is -0.483. The molecule has 0 N–H and O–H groups in total. The lowest BCUT2D eigenvalue weighted by molar-refractivity contribution is 0.0701. The molecular weight excluding hydrogens is 369 g/mol. The summed E-state index contributed by atoms with van der Waals surface area (Å²) in [6, 6.07) is 15.6. The number of piperidine rings is 1. The molecule has 148 valence electrons. The number of carbonyl (C=O) groups excluding carboxylic acids is 1. The summed E-state index contributed by atoms with van der Waals surface area (Å²) in [5.74, 6) is 0.766. The number of hydrogen-bond acceptors (Lipinski definition) is 4. The van der Waals surface area contributed by atoms with Gasteiger partial charge in [0.25, 0.3) is 5.91 Å². The summed E-state index contributed by atoms with van der Waals surface area (Å²) in [6.07, 6.45) is 3.53. The largest absolute Gasteiger partial charge is 0.497 e. The first kappa shape index (κ1) is 19.1. The molecule has 0 bridgehead atoms. The van der Waals surface area contributed by atoms with E-state index in [4.69, 9.17) is 9.72 Å². The van der Waals surface area contributed by atoms with E-state index in [0.717, 1.165) is 29.8 Å². The van der Waals surface area contributed by atoms with Gasteiger partial charge in [-0.15, -0.1) is 0 Å². The normalized spacial score (nSPS) is 16.5. The van der Waals surface area contributed by atoms with Crippen LogP contribution in [0, 0.1) is 5.82 Å². The summed E-state index contributed by atoms with van der Waals surface area (Å²) < 4.78 is 19.2. The van der Waals surface area contributed by atoms with Gasteiger partial charge in [-0.3, -0.25) is 4.79 Å². The van der Waals surface area contributed by atoms with Crippen LogP contribution < -0.4 is 4.74 Å². The Labute approximate surface area is 169 Å². The minimum absolute atomic E-state index is 0.0967. The second-order valence-electron chi connectivity index (χ2n) is 7.10. The molecule has 2 aromatic carbocycles. The number of rotatable bonds is 4. The monoisotopic (exact) mass is 391 g/mol. The maximum atomic E-state index is 14.0. The van der Waals surface area contributed by atoms with Crippen LogP contribution in [0.25, 0.3) is 11.4 Å². The summed E-state index contributed by atoms with van der Waals surface area (Å²) in [5, 5.41) is 0. The van der Waals surface area contributed by atoms with Gasteiger partial charge in [-0.2, -0.15) is 0 Å². The average molecular weight is 391 g/mol. The molecule has 0 radical (unpaired) electrons. The predicted octanol–water partition coefficient (Wildman–Crippen LogP) is 4.31. The molecule has 1 aliphatic heterocycles. The summed E-state index contributed by atoms with van der Waals surface area (Å²) in [6.45, 7) is 1.15.